The normalized spacial score (nSPS) is 21.8. The second-order valence-electron chi connectivity index (χ2n) is 6.36. The van der Waals surface area contributed by atoms with E-state index >= 15 is 0 Å². The first kappa shape index (κ1) is 14.8. The van der Waals surface area contributed by atoms with Crippen LogP contribution in [0.3, 0.4) is 0 Å². The summed E-state index contributed by atoms with van der Waals surface area (Å²) in [6.45, 7) is 3.56. The van der Waals surface area contributed by atoms with E-state index in [1.165, 1.54) is 6.42 Å². The summed E-state index contributed by atoms with van der Waals surface area (Å²) >= 11 is 0. The quantitative estimate of drug-likeness (QED) is 0.928. The lowest BCUT2D eigenvalue weighted by molar-refractivity contribution is -0.128. The standard InChI is InChI=1S/C17H22N4O/c1-12-7-8-14(10-18)16(19-12)21-9-3-6-15(11-21)20-17(22)13-4-2-5-13/h7-8,13,15H,2-6,9,11H2,1H3,(H,20,22). The number of rotatable bonds is 3. The fraction of sp³-hybridized carbons (Fsp3) is 0.588. The molecular weight excluding hydrogens is 276 g/mol. The Hall–Kier alpha value is -2.09. The third-order valence-corrected chi connectivity index (χ3v) is 4.68. The smallest absolute Gasteiger partial charge is 0.223 e. The molecule has 1 N–H and O–H groups in total. The highest BCUT2D eigenvalue weighted by Crippen LogP contribution is 2.27. The van der Waals surface area contributed by atoms with Gasteiger partial charge in [0, 0.05) is 30.7 Å². The molecule has 2 heterocycles. The van der Waals surface area contributed by atoms with Gasteiger partial charge in [-0.3, -0.25) is 4.79 Å². The molecule has 0 bridgehead atoms. The summed E-state index contributed by atoms with van der Waals surface area (Å²) in [5, 5.41) is 12.5. The number of aryl methyl sites for hydroxylation is 1. The van der Waals surface area contributed by atoms with Crippen LogP contribution in [0.1, 0.15) is 43.4 Å². The number of aromatic nitrogens is 1. The van der Waals surface area contributed by atoms with Gasteiger partial charge in [-0.15, -0.1) is 0 Å². The van der Waals surface area contributed by atoms with Crippen molar-refractivity contribution in [3.8, 4) is 6.07 Å². The molecule has 2 aliphatic rings. The number of piperidine rings is 1. The van der Waals surface area contributed by atoms with Crippen LogP contribution in [-0.4, -0.2) is 30.0 Å². The monoisotopic (exact) mass is 298 g/mol. The fourth-order valence-corrected chi connectivity index (χ4v) is 3.15. The number of amides is 1. The summed E-state index contributed by atoms with van der Waals surface area (Å²) in [5.41, 5.74) is 1.52. The van der Waals surface area contributed by atoms with Crippen LogP contribution >= 0.6 is 0 Å². The average molecular weight is 298 g/mol. The van der Waals surface area contributed by atoms with E-state index in [0.717, 1.165) is 50.3 Å². The first-order valence-corrected chi connectivity index (χ1v) is 8.10. The first-order chi connectivity index (χ1) is 10.7. The highest BCUT2D eigenvalue weighted by molar-refractivity contribution is 5.79. The van der Waals surface area contributed by atoms with E-state index in [1.807, 2.05) is 19.1 Å². The van der Waals surface area contributed by atoms with Crippen LogP contribution in [0, 0.1) is 24.2 Å². The van der Waals surface area contributed by atoms with Crippen molar-refractivity contribution in [2.75, 3.05) is 18.0 Å². The number of nitrogens with one attached hydrogen (secondary N) is 1. The number of nitriles is 1. The van der Waals surface area contributed by atoms with Gasteiger partial charge in [-0.2, -0.15) is 5.26 Å². The Morgan fingerprint density at radius 3 is 2.86 bits per heavy atom. The van der Waals surface area contributed by atoms with E-state index in [0.29, 0.717) is 5.56 Å². The van der Waals surface area contributed by atoms with Crippen LogP contribution in [0.4, 0.5) is 5.82 Å². The molecule has 1 saturated heterocycles. The third-order valence-electron chi connectivity index (χ3n) is 4.68. The Morgan fingerprint density at radius 2 is 2.18 bits per heavy atom. The molecule has 0 spiro atoms. The lowest BCUT2D eigenvalue weighted by Crippen LogP contribution is -2.50. The predicted octanol–water partition coefficient (Wildman–Crippen LogP) is 2.15. The van der Waals surface area contributed by atoms with Gasteiger partial charge in [0.05, 0.1) is 5.56 Å². The van der Waals surface area contributed by atoms with Crippen LogP contribution in [0.5, 0.6) is 0 Å². The van der Waals surface area contributed by atoms with E-state index in [1.54, 1.807) is 0 Å². The lowest BCUT2D eigenvalue weighted by Gasteiger charge is -2.36. The zero-order valence-corrected chi connectivity index (χ0v) is 13.0. The Balaban J connectivity index is 1.69. The second kappa shape index (κ2) is 6.35. The van der Waals surface area contributed by atoms with Crippen molar-refractivity contribution < 1.29 is 4.79 Å². The van der Waals surface area contributed by atoms with Crippen molar-refractivity contribution in [1.82, 2.24) is 10.3 Å². The summed E-state index contributed by atoms with van der Waals surface area (Å²) in [4.78, 5) is 18.8. The molecule has 5 heteroatoms. The molecule has 1 saturated carbocycles. The highest BCUT2D eigenvalue weighted by atomic mass is 16.2. The minimum atomic E-state index is 0.163. The van der Waals surface area contributed by atoms with Crippen molar-refractivity contribution in [1.29, 1.82) is 5.26 Å². The molecule has 1 aliphatic carbocycles. The Morgan fingerprint density at radius 1 is 1.36 bits per heavy atom. The zero-order valence-electron chi connectivity index (χ0n) is 13.0. The maximum absolute atomic E-state index is 12.1. The predicted molar refractivity (Wildman–Crippen MR) is 84.4 cm³/mol. The number of hydrogen-bond donors (Lipinski definition) is 1. The van der Waals surface area contributed by atoms with Crippen LogP contribution in [0.15, 0.2) is 12.1 Å². The topological polar surface area (TPSA) is 69.0 Å². The summed E-state index contributed by atoms with van der Waals surface area (Å²) in [6.07, 6.45) is 5.24. The number of nitrogens with zero attached hydrogens (tertiary/aromatic N) is 3. The minimum absolute atomic E-state index is 0.163. The molecule has 0 aromatic carbocycles. The van der Waals surface area contributed by atoms with Gasteiger partial charge in [-0.1, -0.05) is 6.42 Å². The molecule has 5 nitrogen and oxygen atoms in total. The fourth-order valence-electron chi connectivity index (χ4n) is 3.15. The number of carbonyl (C=O) groups is 1. The Kier molecular flexibility index (Phi) is 4.28. The van der Waals surface area contributed by atoms with Gasteiger partial charge >= 0.3 is 0 Å². The van der Waals surface area contributed by atoms with Crippen molar-refractivity contribution in [3.05, 3.63) is 23.4 Å². The Bertz CT molecular complexity index is 603. The van der Waals surface area contributed by atoms with Gasteiger partial charge in [0.25, 0.3) is 0 Å². The van der Waals surface area contributed by atoms with Crippen LogP contribution in [-0.2, 0) is 4.79 Å². The maximum Gasteiger partial charge on any atom is 0.223 e. The van der Waals surface area contributed by atoms with Crippen molar-refractivity contribution in [2.24, 2.45) is 5.92 Å². The van der Waals surface area contributed by atoms with Gasteiger partial charge in [-0.05, 0) is 44.7 Å². The molecule has 1 atom stereocenters. The van der Waals surface area contributed by atoms with Gasteiger partial charge in [-0.25, -0.2) is 4.98 Å². The average Bonchev–Trinajstić information content (AvgIpc) is 2.45. The maximum atomic E-state index is 12.1. The van der Waals surface area contributed by atoms with Crippen LogP contribution in [0.25, 0.3) is 0 Å². The van der Waals surface area contributed by atoms with Gasteiger partial charge < -0.3 is 10.2 Å². The van der Waals surface area contributed by atoms with E-state index in [-0.39, 0.29) is 17.9 Å². The molecule has 1 unspecified atom stereocenters. The zero-order chi connectivity index (χ0) is 15.5. The van der Waals surface area contributed by atoms with E-state index in [2.05, 4.69) is 21.3 Å². The van der Waals surface area contributed by atoms with Gasteiger partial charge in [0.2, 0.25) is 5.91 Å². The van der Waals surface area contributed by atoms with E-state index < -0.39 is 0 Å². The molecule has 116 valence electrons. The van der Waals surface area contributed by atoms with E-state index in [9.17, 15) is 10.1 Å². The number of carbonyl (C=O) groups excluding carboxylic acids is 1. The van der Waals surface area contributed by atoms with Crippen LogP contribution < -0.4 is 10.2 Å². The summed E-state index contributed by atoms with van der Waals surface area (Å²) in [6, 6.07) is 6.07. The number of pyridine rings is 1. The number of anilines is 1. The summed E-state index contributed by atoms with van der Waals surface area (Å²) < 4.78 is 0. The molecule has 1 aliphatic heterocycles. The van der Waals surface area contributed by atoms with Crippen LogP contribution in [0.2, 0.25) is 0 Å². The SMILES string of the molecule is Cc1ccc(C#N)c(N2CCCC(NC(=O)C3CCC3)C2)n1. The largest absolute Gasteiger partial charge is 0.353 e. The Labute approximate surface area is 131 Å². The molecule has 22 heavy (non-hydrogen) atoms. The second-order valence-corrected chi connectivity index (χ2v) is 6.36. The first-order valence-electron chi connectivity index (χ1n) is 8.10. The number of hydrogen-bond acceptors (Lipinski definition) is 4. The molecule has 1 aromatic rings. The summed E-state index contributed by atoms with van der Waals surface area (Å²) in [5.74, 6) is 1.18. The third kappa shape index (κ3) is 3.06. The molecule has 0 radical (unpaired) electrons. The van der Waals surface area contributed by atoms with Crippen molar-refractivity contribution in [3.63, 3.8) is 0 Å². The molecule has 1 aromatic heterocycles. The van der Waals surface area contributed by atoms with E-state index in [4.69, 9.17) is 0 Å². The summed E-state index contributed by atoms with van der Waals surface area (Å²) in [7, 11) is 0. The lowest BCUT2D eigenvalue weighted by atomic mass is 9.84. The minimum Gasteiger partial charge on any atom is -0.353 e. The van der Waals surface area contributed by atoms with Gasteiger partial charge in [0.15, 0.2) is 0 Å². The molecular formula is C17H22N4O. The highest BCUT2D eigenvalue weighted by Gasteiger charge is 2.29. The van der Waals surface area contributed by atoms with Gasteiger partial charge in [0.1, 0.15) is 11.9 Å². The van der Waals surface area contributed by atoms with Crippen molar-refractivity contribution in [2.45, 2.75) is 45.1 Å². The van der Waals surface area contributed by atoms with Crippen molar-refractivity contribution >= 4 is 11.7 Å². The molecule has 2 fully saturated rings. The molecule has 1 amide bonds. The molecule has 3 rings (SSSR count).